The van der Waals surface area contributed by atoms with Crippen LogP contribution in [-0.2, 0) is 11.3 Å². The van der Waals surface area contributed by atoms with Crippen LogP contribution in [0.15, 0.2) is 18.2 Å². The van der Waals surface area contributed by atoms with Gasteiger partial charge < -0.3 is 16.0 Å². The first kappa shape index (κ1) is 17.2. The van der Waals surface area contributed by atoms with Crippen molar-refractivity contribution in [3.05, 3.63) is 35.1 Å². The fourth-order valence-electron chi connectivity index (χ4n) is 2.72. The molecular weight excluding hydrogens is 297 g/mol. The van der Waals surface area contributed by atoms with E-state index in [0.29, 0.717) is 24.7 Å². The summed E-state index contributed by atoms with van der Waals surface area (Å²) in [6.07, 6.45) is 4.73. The predicted molar refractivity (Wildman–Crippen MR) is 86.4 cm³/mol. The zero-order valence-corrected chi connectivity index (χ0v) is 13.5. The average Bonchev–Trinajstić information content (AvgIpc) is 3.01. The third kappa shape index (κ3) is 5.88. The molecule has 1 aliphatic carbocycles. The van der Waals surface area contributed by atoms with Gasteiger partial charge in [-0.1, -0.05) is 25.0 Å². The zero-order valence-electron chi connectivity index (χ0n) is 13.5. The van der Waals surface area contributed by atoms with Gasteiger partial charge in [0, 0.05) is 25.6 Å². The fraction of sp³-hybridized carbons (Fsp3) is 0.529. The number of halogens is 1. The van der Waals surface area contributed by atoms with Crippen LogP contribution in [0.25, 0.3) is 0 Å². The minimum absolute atomic E-state index is 0.0219. The molecule has 1 aliphatic rings. The highest BCUT2D eigenvalue weighted by molar-refractivity contribution is 5.78. The highest BCUT2D eigenvalue weighted by atomic mass is 19.1. The highest BCUT2D eigenvalue weighted by Gasteiger charge is 2.16. The third-order valence-corrected chi connectivity index (χ3v) is 4.03. The molecule has 6 heteroatoms. The van der Waals surface area contributed by atoms with Gasteiger partial charge in [0.2, 0.25) is 5.91 Å². The van der Waals surface area contributed by atoms with Gasteiger partial charge in [0.15, 0.2) is 0 Å². The number of amides is 3. The van der Waals surface area contributed by atoms with Gasteiger partial charge in [-0.15, -0.1) is 0 Å². The van der Waals surface area contributed by atoms with Crippen molar-refractivity contribution >= 4 is 11.9 Å². The Morgan fingerprint density at radius 2 is 1.96 bits per heavy atom. The summed E-state index contributed by atoms with van der Waals surface area (Å²) in [7, 11) is 0. The third-order valence-electron chi connectivity index (χ3n) is 4.03. The molecule has 0 aliphatic heterocycles. The lowest BCUT2D eigenvalue weighted by Crippen LogP contribution is -2.39. The first-order valence-corrected chi connectivity index (χ1v) is 8.10. The van der Waals surface area contributed by atoms with Crippen molar-refractivity contribution in [2.75, 3.05) is 6.54 Å². The van der Waals surface area contributed by atoms with E-state index >= 15 is 0 Å². The topological polar surface area (TPSA) is 70.2 Å². The van der Waals surface area contributed by atoms with Crippen molar-refractivity contribution in [3.8, 4) is 0 Å². The Morgan fingerprint density at radius 1 is 1.22 bits per heavy atom. The minimum Gasteiger partial charge on any atom is -0.353 e. The Kier molecular flexibility index (Phi) is 6.38. The highest BCUT2D eigenvalue weighted by Crippen LogP contribution is 2.17. The number of carbonyl (C=O) groups excluding carboxylic acids is 2. The first-order valence-electron chi connectivity index (χ1n) is 8.10. The second-order valence-corrected chi connectivity index (χ2v) is 5.99. The van der Waals surface area contributed by atoms with E-state index < -0.39 is 0 Å². The van der Waals surface area contributed by atoms with Crippen molar-refractivity contribution in [2.24, 2.45) is 0 Å². The molecule has 1 fully saturated rings. The van der Waals surface area contributed by atoms with Gasteiger partial charge in [-0.2, -0.15) is 0 Å². The molecule has 0 radical (unpaired) electrons. The van der Waals surface area contributed by atoms with Crippen molar-refractivity contribution in [2.45, 2.75) is 51.6 Å². The van der Waals surface area contributed by atoms with Gasteiger partial charge in [-0.3, -0.25) is 4.79 Å². The standard InChI is InChI=1S/C17H24FN3O2/c1-12-10-13(6-7-15(12)18)11-20-17(23)19-9-8-16(22)21-14-4-2-3-5-14/h6-7,10,14H,2-5,8-9,11H2,1H3,(H,21,22)(H2,19,20,23). The molecule has 0 heterocycles. The van der Waals surface area contributed by atoms with Crippen molar-refractivity contribution < 1.29 is 14.0 Å². The van der Waals surface area contributed by atoms with Crippen LogP contribution in [0.3, 0.4) is 0 Å². The molecule has 0 bridgehead atoms. The van der Waals surface area contributed by atoms with Crippen LogP contribution >= 0.6 is 0 Å². The van der Waals surface area contributed by atoms with Gasteiger partial charge in [0.1, 0.15) is 5.82 Å². The molecule has 5 nitrogen and oxygen atoms in total. The van der Waals surface area contributed by atoms with Gasteiger partial charge >= 0.3 is 6.03 Å². The van der Waals surface area contributed by atoms with Crippen molar-refractivity contribution in [3.63, 3.8) is 0 Å². The van der Waals surface area contributed by atoms with E-state index in [1.54, 1.807) is 19.1 Å². The summed E-state index contributed by atoms with van der Waals surface area (Å²) < 4.78 is 13.1. The van der Waals surface area contributed by atoms with Crippen LogP contribution in [0.1, 0.15) is 43.2 Å². The maximum Gasteiger partial charge on any atom is 0.315 e. The largest absolute Gasteiger partial charge is 0.353 e. The van der Waals surface area contributed by atoms with Crippen molar-refractivity contribution in [1.29, 1.82) is 0 Å². The summed E-state index contributed by atoms with van der Waals surface area (Å²) in [6, 6.07) is 4.69. The second-order valence-electron chi connectivity index (χ2n) is 5.99. The Bertz CT molecular complexity index is 557. The number of rotatable bonds is 6. The molecule has 126 valence electrons. The Hall–Kier alpha value is -2.11. The van der Waals surface area contributed by atoms with Crippen LogP contribution in [0, 0.1) is 12.7 Å². The Morgan fingerprint density at radius 3 is 2.65 bits per heavy atom. The smallest absolute Gasteiger partial charge is 0.315 e. The zero-order chi connectivity index (χ0) is 16.7. The van der Waals surface area contributed by atoms with Crippen LogP contribution < -0.4 is 16.0 Å². The second kappa shape index (κ2) is 8.50. The Labute approximate surface area is 136 Å². The van der Waals surface area contributed by atoms with Crippen LogP contribution in [0.4, 0.5) is 9.18 Å². The SMILES string of the molecule is Cc1cc(CNC(=O)NCCC(=O)NC2CCCC2)ccc1F. The number of hydrogen-bond acceptors (Lipinski definition) is 2. The molecular formula is C17H24FN3O2. The Balaban J connectivity index is 1.61. The number of hydrogen-bond donors (Lipinski definition) is 3. The summed E-state index contributed by atoms with van der Waals surface area (Å²) in [5.74, 6) is -0.280. The van der Waals surface area contributed by atoms with E-state index in [-0.39, 0.29) is 24.2 Å². The quantitative estimate of drug-likeness (QED) is 0.753. The molecule has 0 atom stereocenters. The van der Waals surface area contributed by atoms with Crippen LogP contribution in [0.5, 0.6) is 0 Å². The minimum atomic E-state index is -0.333. The summed E-state index contributed by atoms with van der Waals surface area (Å²) in [5, 5.41) is 8.31. The number of urea groups is 1. The van der Waals surface area contributed by atoms with Gasteiger partial charge in [-0.05, 0) is 37.0 Å². The number of aryl methyl sites for hydroxylation is 1. The molecule has 3 N–H and O–H groups in total. The molecule has 2 rings (SSSR count). The van der Waals surface area contributed by atoms with E-state index in [2.05, 4.69) is 16.0 Å². The van der Waals surface area contributed by atoms with Gasteiger partial charge in [-0.25, -0.2) is 9.18 Å². The summed E-state index contributed by atoms with van der Waals surface area (Å²) in [6.45, 7) is 2.30. The summed E-state index contributed by atoms with van der Waals surface area (Å²) in [4.78, 5) is 23.4. The maximum absolute atomic E-state index is 13.1. The van der Waals surface area contributed by atoms with Crippen LogP contribution in [0.2, 0.25) is 0 Å². The fourth-order valence-corrected chi connectivity index (χ4v) is 2.72. The molecule has 23 heavy (non-hydrogen) atoms. The number of benzene rings is 1. The molecule has 0 spiro atoms. The van der Waals surface area contributed by atoms with Gasteiger partial charge in [0.25, 0.3) is 0 Å². The molecule has 0 unspecified atom stereocenters. The first-order chi connectivity index (χ1) is 11.0. The van der Waals surface area contributed by atoms with E-state index in [1.807, 2.05) is 0 Å². The molecule has 1 aromatic rings. The molecule has 3 amide bonds. The van der Waals surface area contributed by atoms with Crippen molar-refractivity contribution in [1.82, 2.24) is 16.0 Å². The molecule has 0 saturated heterocycles. The molecule has 0 aromatic heterocycles. The van der Waals surface area contributed by atoms with E-state index in [4.69, 9.17) is 0 Å². The summed E-state index contributed by atoms with van der Waals surface area (Å²) >= 11 is 0. The number of nitrogens with one attached hydrogen (secondary N) is 3. The number of carbonyl (C=O) groups is 2. The molecule has 1 aromatic carbocycles. The normalized spacial score (nSPS) is 14.5. The van der Waals surface area contributed by atoms with E-state index in [9.17, 15) is 14.0 Å². The lowest BCUT2D eigenvalue weighted by molar-refractivity contribution is -0.121. The summed E-state index contributed by atoms with van der Waals surface area (Å²) in [5.41, 5.74) is 1.38. The molecule has 1 saturated carbocycles. The predicted octanol–water partition coefficient (Wildman–Crippen LogP) is 2.38. The monoisotopic (exact) mass is 321 g/mol. The average molecular weight is 321 g/mol. The lowest BCUT2D eigenvalue weighted by Gasteiger charge is -2.12. The lowest BCUT2D eigenvalue weighted by atomic mass is 10.1. The van der Waals surface area contributed by atoms with Crippen LogP contribution in [-0.4, -0.2) is 24.5 Å². The van der Waals surface area contributed by atoms with E-state index in [1.165, 1.54) is 18.9 Å². The maximum atomic E-state index is 13.1. The van der Waals surface area contributed by atoms with Gasteiger partial charge in [0.05, 0.1) is 0 Å². The van der Waals surface area contributed by atoms with E-state index in [0.717, 1.165) is 18.4 Å².